The van der Waals surface area contributed by atoms with Gasteiger partial charge in [-0.05, 0) is 17.5 Å². The minimum absolute atomic E-state index is 0.616. The van der Waals surface area contributed by atoms with Crippen LogP contribution in [-0.4, -0.2) is 0 Å². The largest absolute Gasteiger partial charge is 0.326 e. The van der Waals surface area contributed by atoms with E-state index >= 15 is 0 Å². The van der Waals surface area contributed by atoms with E-state index in [9.17, 15) is 0 Å². The van der Waals surface area contributed by atoms with E-state index in [2.05, 4.69) is 18.7 Å². The van der Waals surface area contributed by atoms with Gasteiger partial charge in [0.2, 0.25) is 0 Å². The van der Waals surface area contributed by atoms with Crippen molar-refractivity contribution in [2.75, 3.05) is 0 Å². The molecule has 0 fully saturated rings. The Balaban J connectivity index is 0.000000671. The molecule has 0 aliphatic rings. The van der Waals surface area contributed by atoms with E-state index in [1.807, 2.05) is 32.1 Å². The van der Waals surface area contributed by atoms with Gasteiger partial charge in [0.1, 0.15) is 0 Å². The van der Waals surface area contributed by atoms with Gasteiger partial charge in [0.15, 0.2) is 0 Å². The Labute approximate surface area is 81.3 Å². The Morgan fingerprint density at radius 3 is 2.46 bits per heavy atom. The van der Waals surface area contributed by atoms with Gasteiger partial charge in [-0.1, -0.05) is 44.2 Å². The van der Waals surface area contributed by atoms with E-state index in [1.165, 1.54) is 11.1 Å². The van der Waals surface area contributed by atoms with Crippen LogP contribution in [-0.2, 0) is 13.0 Å². The van der Waals surface area contributed by atoms with Crippen molar-refractivity contribution in [2.24, 2.45) is 5.73 Å². The van der Waals surface area contributed by atoms with E-state index in [-0.39, 0.29) is 0 Å². The van der Waals surface area contributed by atoms with E-state index in [0.29, 0.717) is 6.54 Å². The molecule has 0 aliphatic carbocycles. The first-order valence-electron chi connectivity index (χ1n) is 4.75. The molecule has 0 heterocycles. The minimum Gasteiger partial charge on any atom is -0.326 e. The molecule has 0 radical (unpaired) electrons. The van der Waals surface area contributed by atoms with Gasteiger partial charge in [0.25, 0.3) is 0 Å². The summed E-state index contributed by atoms with van der Waals surface area (Å²) in [6, 6.07) is 8.26. The first-order chi connectivity index (χ1) is 6.36. The molecule has 13 heavy (non-hydrogen) atoms. The molecule has 0 aliphatic heterocycles. The number of allylic oxidation sites excluding steroid dienone is 1. The lowest BCUT2D eigenvalue weighted by Gasteiger charge is -1.99. The van der Waals surface area contributed by atoms with Gasteiger partial charge < -0.3 is 5.73 Å². The number of nitrogens with two attached hydrogens (primary N) is 1. The Kier molecular flexibility index (Phi) is 6.93. The number of benzene rings is 1. The fourth-order valence-electron chi connectivity index (χ4n) is 1.05. The molecule has 0 atom stereocenters. The normalized spacial score (nSPS) is 8.54. The molecule has 0 saturated carbocycles. The van der Waals surface area contributed by atoms with Gasteiger partial charge >= 0.3 is 0 Å². The third-order valence-corrected chi connectivity index (χ3v) is 1.61. The lowest BCUT2D eigenvalue weighted by atomic mass is 10.1. The molecule has 1 nitrogen and oxygen atoms in total. The van der Waals surface area contributed by atoms with Crippen LogP contribution in [0, 0.1) is 0 Å². The second kappa shape index (κ2) is 7.56. The molecule has 0 unspecified atom stereocenters. The maximum Gasteiger partial charge on any atom is 0.0178 e. The highest BCUT2D eigenvalue weighted by atomic mass is 14.5. The fraction of sp³-hybridized carbons (Fsp3) is 0.333. The van der Waals surface area contributed by atoms with Gasteiger partial charge in [-0.25, -0.2) is 0 Å². The SMILES string of the molecule is C=CCc1cccc(CN)c1.CC. The van der Waals surface area contributed by atoms with Crippen molar-refractivity contribution >= 4 is 0 Å². The van der Waals surface area contributed by atoms with Crippen LogP contribution in [0.25, 0.3) is 0 Å². The Morgan fingerprint density at radius 1 is 1.31 bits per heavy atom. The summed E-state index contributed by atoms with van der Waals surface area (Å²) >= 11 is 0. The standard InChI is InChI=1S/C10H13N.C2H6/c1-2-4-9-5-3-6-10(7-9)8-11;1-2/h2-3,5-7H,1,4,8,11H2;1-2H3. The highest BCUT2D eigenvalue weighted by Gasteiger charge is 1.90. The first-order valence-corrected chi connectivity index (χ1v) is 4.75. The Morgan fingerprint density at radius 2 is 1.92 bits per heavy atom. The van der Waals surface area contributed by atoms with Gasteiger partial charge in [0.05, 0.1) is 0 Å². The van der Waals surface area contributed by atoms with E-state index in [0.717, 1.165) is 6.42 Å². The van der Waals surface area contributed by atoms with Crippen LogP contribution in [0.3, 0.4) is 0 Å². The van der Waals surface area contributed by atoms with Crippen LogP contribution in [0.2, 0.25) is 0 Å². The lowest BCUT2D eigenvalue weighted by molar-refractivity contribution is 1.06. The Hall–Kier alpha value is -1.08. The lowest BCUT2D eigenvalue weighted by Crippen LogP contribution is -1.96. The molecule has 72 valence electrons. The van der Waals surface area contributed by atoms with Crippen LogP contribution >= 0.6 is 0 Å². The smallest absolute Gasteiger partial charge is 0.0178 e. The van der Waals surface area contributed by atoms with E-state index in [4.69, 9.17) is 5.73 Å². The summed E-state index contributed by atoms with van der Waals surface area (Å²) in [5.41, 5.74) is 7.95. The summed E-state index contributed by atoms with van der Waals surface area (Å²) in [6.45, 7) is 8.30. The summed E-state index contributed by atoms with van der Waals surface area (Å²) in [4.78, 5) is 0. The fourth-order valence-corrected chi connectivity index (χ4v) is 1.05. The Bertz CT molecular complexity index is 241. The minimum atomic E-state index is 0.616. The zero-order valence-corrected chi connectivity index (χ0v) is 8.59. The molecular weight excluding hydrogens is 158 g/mol. The summed E-state index contributed by atoms with van der Waals surface area (Å²) < 4.78 is 0. The van der Waals surface area contributed by atoms with Gasteiger partial charge in [0, 0.05) is 6.54 Å². The van der Waals surface area contributed by atoms with Crippen molar-refractivity contribution in [1.82, 2.24) is 0 Å². The van der Waals surface area contributed by atoms with Gasteiger partial charge in [-0.15, -0.1) is 6.58 Å². The maximum atomic E-state index is 5.49. The van der Waals surface area contributed by atoms with Crippen molar-refractivity contribution in [1.29, 1.82) is 0 Å². The first kappa shape index (κ1) is 11.9. The zero-order valence-electron chi connectivity index (χ0n) is 8.59. The number of rotatable bonds is 3. The number of hydrogen-bond donors (Lipinski definition) is 1. The topological polar surface area (TPSA) is 26.0 Å². The molecule has 1 aromatic rings. The van der Waals surface area contributed by atoms with Gasteiger partial charge in [-0.3, -0.25) is 0 Å². The van der Waals surface area contributed by atoms with Crippen LogP contribution in [0.15, 0.2) is 36.9 Å². The molecule has 0 saturated heterocycles. The van der Waals surface area contributed by atoms with Crippen molar-refractivity contribution in [3.05, 3.63) is 48.0 Å². The number of hydrogen-bond acceptors (Lipinski definition) is 1. The third-order valence-electron chi connectivity index (χ3n) is 1.61. The molecule has 1 heteroatoms. The molecule has 2 N–H and O–H groups in total. The second-order valence-corrected chi connectivity index (χ2v) is 2.52. The van der Waals surface area contributed by atoms with Crippen LogP contribution in [0.5, 0.6) is 0 Å². The summed E-state index contributed by atoms with van der Waals surface area (Å²) in [7, 11) is 0. The third kappa shape index (κ3) is 4.48. The van der Waals surface area contributed by atoms with Crippen molar-refractivity contribution in [2.45, 2.75) is 26.8 Å². The van der Waals surface area contributed by atoms with Gasteiger partial charge in [-0.2, -0.15) is 0 Å². The predicted octanol–water partition coefficient (Wildman–Crippen LogP) is 2.90. The maximum absolute atomic E-state index is 5.49. The molecule has 1 rings (SSSR count). The average Bonchev–Trinajstić information content (AvgIpc) is 2.22. The molecule has 1 aromatic carbocycles. The molecule has 0 amide bonds. The van der Waals surface area contributed by atoms with Crippen molar-refractivity contribution in [3.8, 4) is 0 Å². The molecule has 0 bridgehead atoms. The molecule has 0 aromatic heterocycles. The summed E-state index contributed by atoms with van der Waals surface area (Å²) in [6.07, 6.45) is 2.82. The van der Waals surface area contributed by atoms with Crippen LogP contribution < -0.4 is 5.73 Å². The van der Waals surface area contributed by atoms with Crippen molar-refractivity contribution < 1.29 is 0 Å². The van der Waals surface area contributed by atoms with E-state index < -0.39 is 0 Å². The van der Waals surface area contributed by atoms with Crippen LogP contribution in [0.4, 0.5) is 0 Å². The molecule has 0 spiro atoms. The molecular formula is C12H19N. The predicted molar refractivity (Wildman–Crippen MR) is 59.6 cm³/mol. The summed E-state index contributed by atoms with van der Waals surface area (Å²) in [5.74, 6) is 0. The zero-order chi connectivity index (χ0) is 10.1. The van der Waals surface area contributed by atoms with Crippen LogP contribution in [0.1, 0.15) is 25.0 Å². The monoisotopic (exact) mass is 177 g/mol. The van der Waals surface area contributed by atoms with Crippen molar-refractivity contribution in [3.63, 3.8) is 0 Å². The highest BCUT2D eigenvalue weighted by Crippen LogP contribution is 2.05. The average molecular weight is 177 g/mol. The second-order valence-electron chi connectivity index (χ2n) is 2.52. The summed E-state index contributed by atoms with van der Waals surface area (Å²) in [5, 5.41) is 0. The quantitative estimate of drug-likeness (QED) is 0.706. The highest BCUT2D eigenvalue weighted by molar-refractivity contribution is 5.24. The van der Waals surface area contributed by atoms with E-state index in [1.54, 1.807) is 0 Å².